The number of para-hydroxylation sites is 1. The maximum Gasteiger partial charge on any atom is 0.387 e. The molecule has 25 heavy (non-hydrogen) atoms. The van der Waals surface area contributed by atoms with Gasteiger partial charge in [-0.1, -0.05) is 47.5 Å². The fraction of sp³-hybridized carbons (Fsp3) is 0.235. The predicted octanol–water partition coefficient (Wildman–Crippen LogP) is 5.57. The van der Waals surface area contributed by atoms with Gasteiger partial charge in [-0.25, -0.2) is 4.79 Å². The average Bonchev–Trinajstić information content (AvgIpc) is 2.54. The lowest BCUT2D eigenvalue weighted by atomic mass is 10.2. The molecule has 134 valence electrons. The highest BCUT2D eigenvalue weighted by Crippen LogP contribution is 2.30. The number of rotatable bonds is 5. The van der Waals surface area contributed by atoms with Crippen LogP contribution in [0, 0.1) is 6.92 Å². The summed E-state index contributed by atoms with van der Waals surface area (Å²) in [6.07, 6.45) is 0. The molecule has 0 aromatic heterocycles. The summed E-state index contributed by atoms with van der Waals surface area (Å²) in [5.74, 6) is -0.0995. The molecule has 2 rings (SSSR count). The minimum Gasteiger partial charge on any atom is -0.433 e. The number of halogens is 4. The summed E-state index contributed by atoms with van der Waals surface area (Å²) in [6, 6.07) is 9.24. The molecule has 4 nitrogen and oxygen atoms in total. The number of anilines is 1. The van der Waals surface area contributed by atoms with Gasteiger partial charge < -0.3 is 15.0 Å². The second kappa shape index (κ2) is 8.36. The van der Waals surface area contributed by atoms with E-state index in [-0.39, 0.29) is 18.0 Å². The van der Waals surface area contributed by atoms with Crippen LogP contribution in [-0.2, 0) is 6.54 Å². The van der Waals surface area contributed by atoms with Crippen molar-refractivity contribution < 1.29 is 18.3 Å². The van der Waals surface area contributed by atoms with Crippen LogP contribution in [0.3, 0.4) is 0 Å². The SMILES string of the molecule is Cc1cccc(OC(F)F)c1NC(=O)N(C)Cc1cccc(Cl)c1Cl. The van der Waals surface area contributed by atoms with Gasteiger partial charge in [-0.2, -0.15) is 8.78 Å². The lowest BCUT2D eigenvalue weighted by Crippen LogP contribution is -2.31. The summed E-state index contributed by atoms with van der Waals surface area (Å²) in [5, 5.41) is 3.34. The molecule has 2 amide bonds. The zero-order valence-corrected chi connectivity index (χ0v) is 15.0. The summed E-state index contributed by atoms with van der Waals surface area (Å²) in [4.78, 5) is 13.8. The van der Waals surface area contributed by atoms with Crippen molar-refractivity contribution in [2.24, 2.45) is 0 Å². The zero-order chi connectivity index (χ0) is 18.6. The van der Waals surface area contributed by atoms with Crippen molar-refractivity contribution in [3.05, 3.63) is 57.6 Å². The summed E-state index contributed by atoms with van der Waals surface area (Å²) < 4.78 is 29.5. The third-order valence-corrected chi connectivity index (χ3v) is 4.33. The maximum atomic E-state index is 12.5. The Morgan fingerprint density at radius 3 is 2.60 bits per heavy atom. The van der Waals surface area contributed by atoms with Crippen molar-refractivity contribution in [2.45, 2.75) is 20.1 Å². The fourth-order valence-electron chi connectivity index (χ4n) is 2.20. The van der Waals surface area contributed by atoms with Crippen LogP contribution >= 0.6 is 23.2 Å². The van der Waals surface area contributed by atoms with Crippen LogP contribution in [0.4, 0.5) is 19.3 Å². The summed E-state index contributed by atoms with van der Waals surface area (Å²) in [5.41, 5.74) is 1.46. The molecule has 8 heteroatoms. The number of hydrogen-bond acceptors (Lipinski definition) is 2. The molecular formula is C17H16Cl2F2N2O2. The van der Waals surface area contributed by atoms with E-state index in [1.54, 1.807) is 44.3 Å². The first-order chi connectivity index (χ1) is 11.8. The van der Waals surface area contributed by atoms with Gasteiger partial charge in [-0.3, -0.25) is 0 Å². The summed E-state index contributed by atoms with van der Waals surface area (Å²) in [6.45, 7) is -1.11. The first-order valence-corrected chi connectivity index (χ1v) is 8.04. The monoisotopic (exact) mass is 388 g/mol. The molecule has 0 aliphatic carbocycles. The number of nitrogens with one attached hydrogen (secondary N) is 1. The van der Waals surface area contributed by atoms with E-state index >= 15 is 0 Å². The van der Waals surface area contributed by atoms with Gasteiger partial charge in [0.25, 0.3) is 0 Å². The normalized spacial score (nSPS) is 10.7. The largest absolute Gasteiger partial charge is 0.433 e. The van der Waals surface area contributed by atoms with Gasteiger partial charge in [0.15, 0.2) is 0 Å². The highest BCUT2D eigenvalue weighted by molar-refractivity contribution is 6.42. The van der Waals surface area contributed by atoms with Crippen molar-refractivity contribution >= 4 is 34.9 Å². The first kappa shape index (κ1) is 19.3. The van der Waals surface area contributed by atoms with Crippen molar-refractivity contribution in [1.82, 2.24) is 4.90 Å². The van der Waals surface area contributed by atoms with Gasteiger partial charge in [0, 0.05) is 13.6 Å². The smallest absolute Gasteiger partial charge is 0.387 e. The summed E-state index contributed by atoms with van der Waals surface area (Å²) in [7, 11) is 1.55. The molecule has 0 aliphatic heterocycles. The van der Waals surface area contributed by atoms with E-state index in [1.807, 2.05) is 0 Å². The number of carbonyl (C=O) groups excluding carboxylic acids is 1. The van der Waals surface area contributed by atoms with Crippen LogP contribution in [0.25, 0.3) is 0 Å². The van der Waals surface area contributed by atoms with Gasteiger partial charge in [0.2, 0.25) is 0 Å². The molecule has 0 fully saturated rings. The number of ether oxygens (including phenoxy) is 1. The van der Waals surface area contributed by atoms with Crippen molar-refractivity contribution in [3.8, 4) is 5.75 Å². The summed E-state index contributed by atoms with van der Waals surface area (Å²) >= 11 is 12.1. The molecule has 0 heterocycles. The predicted molar refractivity (Wildman–Crippen MR) is 94.8 cm³/mol. The molecule has 0 saturated heterocycles. The van der Waals surface area contributed by atoms with E-state index in [0.717, 1.165) is 0 Å². The first-order valence-electron chi connectivity index (χ1n) is 7.29. The van der Waals surface area contributed by atoms with Crippen molar-refractivity contribution in [2.75, 3.05) is 12.4 Å². The van der Waals surface area contributed by atoms with Crippen LogP contribution in [0.1, 0.15) is 11.1 Å². The van der Waals surface area contributed by atoms with Crippen LogP contribution in [-0.4, -0.2) is 24.6 Å². The number of hydrogen-bond donors (Lipinski definition) is 1. The molecule has 0 unspecified atom stereocenters. The van der Waals surface area contributed by atoms with Crippen LogP contribution < -0.4 is 10.1 Å². The second-order valence-electron chi connectivity index (χ2n) is 5.33. The van der Waals surface area contributed by atoms with Crippen molar-refractivity contribution in [1.29, 1.82) is 0 Å². The second-order valence-corrected chi connectivity index (χ2v) is 6.11. The number of urea groups is 1. The fourth-order valence-corrected chi connectivity index (χ4v) is 2.58. The Bertz CT molecular complexity index is 772. The quantitative estimate of drug-likeness (QED) is 0.727. The number of amides is 2. The van der Waals surface area contributed by atoms with E-state index in [9.17, 15) is 13.6 Å². The molecule has 0 bridgehead atoms. The number of benzene rings is 2. The van der Waals surface area contributed by atoms with Crippen LogP contribution in [0.5, 0.6) is 5.75 Å². The number of alkyl halides is 2. The number of carbonyl (C=O) groups is 1. The van der Waals surface area contributed by atoms with Crippen molar-refractivity contribution in [3.63, 3.8) is 0 Å². The highest BCUT2D eigenvalue weighted by Gasteiger charge is 2.17. The molecule has 1 N–H and O–H groups in total. The molecule has 2 aromatic rings. The molecule has 0 radical (unpaired) electrons. The van der Waals surface area contributed by atoms with Crippen LogP contribution in [0.2, 0.25) is 10.0 Å². The van der Waals surface area contributed by atoms with Gasteiger partial charge in [-0.15, -0.1) is 0 Å². The number of aryl methyl sites for hydroxylation is 1. The Kier molecular flexibility index (Phi) is 6.45. The van der Waals surface area contributed by atoms with E-state index in [4.69, 9.17) is 23.2 Å². The third kappa shape index (κ3) is 4.96. The van der Waals surface area contributed by atoms with E-state index in [2.05, 4.69) is 10.1 Å². The molecular weight excluding hydrogens is 373 g/mol. The molecule has 0 aliphatic rings. The van der Waals surface area contributed by atoms with Gasteiger partial charge in [0.1, 0.15) is 5.75 Å². The molecule has 0 saturated carbocycles. The minimum atomic E-state index is -2.99. The standard InChI is InChI=1S/C17H16Cl2F2N2O2/c1-10-5-3-8-13(25-16(20)21)15(10)22-17(24)23(2)9-11-6-4-7-12(18)14(11)19/h3-8,16H,9H2,1-2H3,(H,22,24). The Morgan fingerprint density at radius 2 is 1.92 bits per heavy atom. The van der Waals surface area contributed by atoms with E-state index in [1.165, 1.54) is 11.0 Å². The lowest BCUT2D eigenvalue weighted by Gasteiger charge is -2.21. The Balaban J connectivity index is 2.15. The van der Waals surface area contributed by atoms with E-state index < -0.39 is 12.6 Å². The highest BCUT2D eigenvalue weighted by atomic mass is 35.5. The molecule has 2 aromatic carbocycles. The Hall–Kier alpha value is -2.05. The minimum absolute atomic E-state index is 0.0995. The van der Waals surface area contributed by atoms with Gasteiger partial charge in [-0.05, 0) is 30.2 Å². The molecule has 0 spiro atoms. The third-order valence-electron chi connectivity index (χ3n) is 3.47. The van der Waals surface area contributed by atoms with Crippen LogP contribution in [0.15, 0.2) is 36.4 Å². The topological polar surface area (TPSA) is 41.6 Å². The molecule has 0 atom stereocenters. The Morgan fingerprint density at radius 1 is 1.24 bits per heavy atom. The maximum absolute atomic E-state index is 12.5. The zero-order valence-electron chi connectivity index (χ0n) is 13.5. The van der Waals surface area contributed by atoms with Gasteiger partial charge >= 0.3 is 12.6 Å². The van der Waals surface area contributed by atoms with Gasteiger partial charge in [0.05, 0.1) is 15.7 Å². The Labute approximate surface area is 154 Å². The van der Waals surface area contributed by atoms with E-state index in [0.29, 0.717) is 21.2 Å². The number of nitrogens with zero attached hydrogens (tertiary/aromatic N) is 1. The lowest BCUT2D eigenvalue weighted by molar-refractivity contribution is -0.0493. The average molecular weight is 389 g/mol.